The molecular weight excluding hydrogens is 526 g/mol. The van der Waals surface area contributed by atoms with Crippen molar-refractivity contribution < 1.29 is 35.6 Å². The third-order valence-corrected chi connectivity index (χ3v) is 9.41. The molecule has 202 valence electrons. The van der Waals surface area contributed by atoms with Gasteiger partial charge in [-0.3, -0.25) is 9.59 Å². The first-order valence-electron chi connectivity index (χ1n) is 12.3. The van der Waals surface area contributed by atoms with Crippen LogP contribution in [0.25, 0.3) is 0 Å². The molecule has 2 aromatic carbocycles. The summed E-state index contributed by atoms with van der Waals surface area (Å²) in [6.45, 7) is 0. The number of piperidine rings is 1. The van der Waals surface area contributed by atoms with Gasteiger partial charge in [-0.05, 0) is 66.8 Å². The minimum Gasteiger partial charge on any atom is -0.387 e. The van der Waals surface area contributed by atoms with Crippen LogP contribution >= 0.6 is 0 Å². The van der Waals surface area contributed by atoms with Crippen LogP contribution in [0.15, 0.2) is 41.3 Å². The predicted octanol–water partition coefficient (Wildman–Crippen LogP) is 3.63. The Bertz CT molecular complexity index is 1460. The lowest BCUT2D eigenvalue weighted by molar-refractivity contribution is -0.137. The maximum atomic E-state index is 14.8. The van der Waals surface area contributed by atoms with E-state index in [2.05, 4.69) is 10.6 Å². The monoisotopic (exact) mass is 551 g/mol. The summed E-state index contributed by atoms with van der Waals surface area (Å²) in [5.74, 6) is -1.72. The molecule has 2 heterocycles. The maximum Gasteiger partial charge on any atom is 0.416 e. The quantitative estimate of drug-likeness (QED) is 0.513. The first-order valence-corrected chi connectivity index (χ1v) is 14.2. The van der Waals surface area contributed by atoms with Gasteiger partial charge in [0.1, 0.15) is 11.9 Å². The van der Waals surface area contributed by atoms with Crippen molar-refractivity contribution in [3.63, 3.8) is 0 Å². The fraction of sp³-hybridized carbons (Fsp3) is 0.462. The van der Waals surface area contributed by atoms with Crippen LogP contribution in [-0.4, -0.2) is 50.5 Å². The number of benzene rings is 2. The van der Waals surface area contributed by atoms with Crippen molar-refractivity contribution in [1.82, 2.24) is 10.2 Å². The van der Waals surface area contributed by atoms with Gasteiger partial charge in [-0.1, -0.05) is 6.07 Å². The molecule has 5 fully saturated rings. The molecule has 7 rings (SSSR count). The lowest BCUT2D eigenvalue weighted by Crippen LogP contribution is -2.47. The smallest absolute Gasteiger partial charge is 0.387 e. The second-order valence-electron chi connectivity index (χ2n) is 10.7. The third kappa shape index (κ3) is 3.95. The molecule has 0 spiro atoms. The molecule has 7 nitrogen and oxygen atoms in total. The normalized spacial score (nSPS) is 27.9. The Morgan fingerprint density at radius 3 is 2.29 bits per heavy atom. The largest absolute Gasteiger partial charge is 0.416 e. The van der Waals surface area contributed by atoms with E-state index in [1.807, 2.05) is 0 Å². The summed E-state index contributed by atoms with van der Waals surface area (Å²) < 4.78 is 78.1. The molecule has 3 saturated carbocycles. The van der Waals surface area contributed by atoms with Crippen molar-refractivity contribution in [2.24, 2.45) is 23.7 Å². The van der Waals surface area contributed by atoms with Crippen molar-refractivity contribution in [3.05, 3.63) is 58.9 Å². The Kier molecular flexibility index (Phi) is 5.41. The number of nitrogens with zero attached hydrogens (tertiary/aromatic N) is 1. The van der Waals surface area contributed by atoms with Gasteiger partial charge in [-0.2, -0.15) is 13.2 Å². The molecule has 2 bridgehead atoms. The van der Waals surface area contributed by atoms with Crippen LogP contribution in [0.1, 0.15) is 40.4 Å². The summed E-state index contributed by atoms with van der Waals surface area (Å²) in [5, 5.41) is 5.73. The Morgan fingerprint density at radius 1 is 1.05 bits per heavy atom. The van der Waals surface area contributed by atoms with Gasteiger partial charge in [0, 0.05) is 30.6 Å². The highest BCUT2D eigenvalue weighted by atomic mass is 32.2. The van der Waals surface area contributed by atoms with E-state index < -0.39 is 51.3 Å². The van der Waals surface area contributed by atoms with Gasteiger partial charge in [0.2, 0.25) is 5.91 Å². The highest BCUT2D eigenvalue weighted by Gasteiger charge is 2.86. The molecule has 2 aliphatic heterocycles. The van der Waals surface area contributed by atoms with Crippen LogP contribution in [0.5, 0.6) is 0 Å². The Hall–Kier alpha value is -3.15. The highest BCUT2D eigenvalue weighted by Crippen LogP contribution is 2.78. The van der Waals surface area contributed by atoms with Crippen LogP contribution < -0.4 is 10.6 Å². The first-order chi connectivity index (χ1) is 17.8. The van der Waals surface area contributed by atoms with Crippen molar-refractivity contribution in [2.75, 3.05) is 18.6 Å². The number of sulfone groups is 1. The van der Waals surface area contributed by atoms with Gasteiger partial charge in [0.05, 0.1) is 22.1 Å². The van der Waals surface area contributed by atoms with E-state index in [1.54, 1.807) is 7.05 Å². The molecule has 0 radical (unpaired) electrons. The minimum absolute atomic E-state index is 0.0114. The van der Waals surface area contributed by atoms with Gasteiger partial charge < -0.3 is 15.5 Å². The number of carbonyl (C=O) groups excluding carboxylic acids is 2. The number of hydrogen-bond acceptors (Lipinski definition) is 5. The van der Waals surface area contributed by atoms with E-state index in [1.165, 1.54) is 23.1 Å². The molecule has 3 aliphatic carbocycles. The number of amides is 2. The second kappa shape index (κ2) is 8.17. The molecule has 2 aromatic rings. The maximum absolute atomic E-state index is 14.8. The van der Waals surface area contributed by atoms with Crippen molar-refractivity contribution in [3.8, 4) is 0 Å². The van der Waals surface area contributed by atoms with E-state index >= 15 is 0 Å². The number of halogens is 4. The van der Waals surface area contributed by atoms with Crippen molar-refractivity contribution >= 4 is 27.3 Å². The van der Waals surface area contributed by atoms with Crippen LogP contribution in [0.3, 0.4) is 0 Å². The van der Waals surface area contributed by atoms with Crippen LogP contribution in [0.4, 0.5) is 23.2 Å². The number of alkyl halides is 3. The molecule has 6 atom stereocenters. The van der Waals surface area contributed by atoms with Crippen LogP contribution in [0, 0.1) is 29.5 Å². The standard InChI is InChI=1S/C26H25F4N3O4S/c1-31-17-8-6-13(38(2,36)37)10-15(17)25(35)33-22-18-19(22)20(18)23(33)24(34)32-21(11-3-4-11)14-7-5-12(9-16(14)27)26(28,29)30/h5-11,18-23,31H,3-4H2,1-2H3,(H,32,34)/t18-,19?,20?,21-,22?,23-/m1/s1. The zero-order valence-electron chi connectivity index (χ0n) is 20.4. The zero-order chi connectivity index (χ0) is 27.3. The molecular formula is C26H25F4N3O4S. The Morgan fingerprint density at radius 2 is 1.74 bits per heavy atom. The fourth-order valence-corrected chi connectivity index (χ4v) is 6.77. The summed E-state index contributed by atoms with van der Waals surface area (Å²) >= 11 is 0. The Balaban J connectivity index is 1.28. The summed E-state index contributed by atoms with van der Waals surface area (Å²) in [6.07, 6.45) is -2.26. The number of anilines is 1. The third-order valence-electron chi connectivity index (χ3n) is 8.30. The Labute approximate surface area is 216 Å². The van der Waals surface area contributed by atoms with Gasteiger partial charge >= 0.3 is 6.18 Å². The fourth-order valence-electron chi connectivity index (χ4n) is 6.12. The number of rotatable bonds is 7. The molecule has 3 unspecified atom stereocenters. The molecule has 2 saturated heterocycles. The minimum atomic E-state index is -4.69. The zero-order valence-corrected chi connectivity index (χ0v) is 21.2. The molecule has 38 heavy (non-hydrogen) atoms. The van der Waals surface area contributed by atoms with Gasteiger partial charge in [-0.25, -0.2) is 12.8 Å². The van der Waals surface area contributed by atoms with Gasteiger partial charge in [-0.15, -0.1) is 0 Å². The molecule has 0 aromatic heterocycles. The average molecular weight is 552 g/mol. The number of fused-ring (bicyclic) bond motifs is 1. The molecule has 12 heteroatoms. The number of hydrogen-bond donors (Lipinski definition) is 2. The van der Waals surface area contributed by atoms with E-state index in [-0.39, 0.29) is 45.7 Å². The van der Waals surface area contributed by atoms with Crippen LogP contribution in [0.2, 0.25) is 0 Å². The number of carbonyl (C=O) groups is 2. The second-order valence-corrected chi connectivity index (χ2v) is 12.7. The first kappa shape index (κ1) is 25.1. The number of nitrogens with one attached hydrogen (secondary N) is 2. The lowest BCUT2D eigenvalue weighted by Gasteiger charge is -2.27. The van der Waals surface area contributed by atoms with E-state index in [4.69, 9.17) is 0 Å². The van der Waals surface area contributed by atoms with Crippen LogP contribution in [-0.2, 0) is 20.8 Å². The molecule has 2 N–H and O–H groups in total. The summed E-state index contributed by atoms with van der Waals surface area (Å²) in [7, 11) is -1.98. The topological polar surface area (TPSA) is 95.6 Å². The molecule has 5 aliphatic rings. The van der Waals surface area contributed by atoms with E-state index in [9.17, 15) is 35.6 Å². The van der Waals surface area contributed by atoms with E-state index in [0.29, 0.717) is 24.6 Å². The summed E-state index contributed by atoms with van der Waals surface area (Å²) in [4.78, 5) is 28.7. The van der Waals surface area contributed by atoms with Crippen molar-refractivity contribution in [1.29, 1.82) is 0 Å². The van der Waals surface area contributed by atoms with Crippen molar-refractivity contribution in [2.45, 2.75) is 42.0 Å². The van der Waals surface area contributed by atoms with Gasteiger partial charge in [0.25, 0.3) is 5.91 Å². The lowest BCUT2D eigenvalue weighted by atomic mass is 9.98. The predicted molar refractivity (Wildman–Crippen MR) is 128 cm³/mol. The summed E-state index contributed by atoms with van der Waals surface area (Å²) in [5.41, 5.74) is -0.563. The van der Waals surface area contributed by atoms with Gasteiger partial charge in [0.15, 0.2) is 9.84 Å². The van der Waals surface area contributed by atoms with E-state index in [0.717, 1.165) is 18.4 Å². The summed E-state index contributed by atoms with van der Waals surface area (Å²) in [6, 6.07) is 4.78. The SMILES string of the molecule is CNc1ccc(S(C)(=O)=O)cc1C(=O)N1C2C3C([C@@H]32)[C@@H]1C(=O)N[C@@H](c1ccc(C(F)(F)F)cc1F)C1CC1. The highest BCUT2D eigenvalue weighted by molar-refractivity contribution is 7.90. The average Bonchev–Trinajstić information content (AvgIpc) is 3.79. The molecule has 2 amide bonds.